The Balaban J connectivity index is 1.85. The number of hydrogen-bond acceptors (Lipinski definition) is 3. The maximum atomic E-state index is 11.0. The Morgan fingerprint density at radius 1 is 1.29 bits per heavy atom. The van der Waals surface area contributed by atoms with Crippen molar-refractivity contribution in [2.75, 3.05) is 19.6 Å². The van der Waals surface area contributed by atoms with Crippen LogP contribution in [0.5, 0.6) is 0 Å². The van der Waals surface area contributed by atoms with Gasteiger partial charge in [0.1, 0.15) is 5.54 Å². The highest BCUT2D eigenvalue weighted by Gasteiger charge is 2.39. The average Bonchev–Trinajstić information content (AvgIpc) is 2.70. The predicted octanol–water partition coefficient (Wildman–Crippen LogP) is 1.44. The summed E-state index contributed by atoms with van der Waals surface area (Å²) in [4.78, 5) is 13.2. The van der Waals surface area contributed by atoms with Crippen molar-refractivity contribution < 1.29 is 9.90 Å². The van der Waals surface area contributed by atoms with Crippen LogP contribution in [-0.2, 0) is 4.79 Å². The summed E-state index contributed by atoms with van der Waals surface area (Å²) in [6.07, 6.45) is 7.96. The van der Waals surface area contributed by atoms with E-state index in [4.69, 9.17) is 10.8 Å². The monoisotopic (exact) mass is 240 g/mol. The summed E-state index contributed by atoms with van der Waals surface area (Å²) >= 11 is 0. The molecule has 0 aromatic rings. The fourth-order valence-corrected chi connectivity index (χ4v) is 3.34. The summed E-state index contributed by atoms with van der Waals surface area (Å²) < 4.78 is 0. The molecule has 0 radical (unpaired) electrons. The molecule has 1 heterocycles. The lowest BCUT2D eigenvalue weighted by Gasteiger charge is -2.41. The smallest absolute Gasteiger partial charge is 0.324 e. The van der Waals surface area contributed by atoms with Crippen molar-refractivity contribution in [2.45, 2.75) is 51.0 Å². The van der Waals surface area contributed by atoms with E-state index >= 15 is 0 Å². The lowest BCUT2D eigenvalue weighted by molar-refractivity contribution is -0.143. The van der Waals surface area contributed by atoms with Crippen molar-refractivity contribution in [3.05, 3.63) is 0 Å². The first-order valence-electron chi connectivity index (χ1n) is 6.68. The van der Waals surface area contributed by atoms with Crippen molar-refractivity contribution >= 4 is 5.97 Å². The first kappa shape index (κ1) is 12.8. The summed E-state index contributed by atoms with van der Waals surface area (Å²) in [5.41, 5.74) is 5.27. The summed E-state index contributed by atoms with van der Waals surface area (Å²) in [5.74, 6) is -0.904. The van der Waals surface area contributed by atoms with Crippen molar-refractivity contribution in [2.24, 2.45) is 11.1 Å². The van der Waals surface area contributed by atoms with E-state index in [1.54, 1.807) is 6.92 Å². The average molecular weight is 240 g/mol. The second kappa shape index (κ2) is 4.58. The standard InChI is InChI=1S/C13H24N2O2/c1-12(14,11(16)17)10-15-8-6-13(7-9-15)4-2-3-5-13/h2-10,14H2,1H3,(H,16,17). The lowest BCUT2D eigenvalue weighted by Crippen LogP contribution is -2.55. The third kappa shape index (κ3) is 2.80. The molecule has 0 bridgehead atoms. The minimum absolute atomic E-state index is 0.471. The minimum atomic E-state index is -1.11. The van der Waals surface area contributed by atoms with Gasteiger partial charge in [0.25, 0.3) is 0 Å². The number of aliphatic carboxylic acids is 1. The largest absolute Gasteiger partial charge is 0.480 e. The van der Waals surface area contributed by atoms with Crippen LogP contribution in [0.25, 0.3) is 0 Å². The van der Waals surface area contributed by atoms with E-state index in [1.807, 2.05) is 0 Å². The molecule has 2 rings (SSSR count). The Labute approximate surface area is 103 Å². The van der Waals surface area contributed by atoms with Gasteiger partial charge in [0, 0.05) is 6.54 Å². The van der Waals surface area contributed by atoms with Crippen LogP contribution in [0.15, 0.2) is 0 Å². The van der Waals surface area contributed by atoms with Gasteiger partial charge >= 0.3 is 5.97 Å². The summed E-state index contributed by atoms with van der Waals surface area (Å²) in [6, 6.07) is 0. The maximum absolute atomic E-state index is 11.0. The van der Waals surface area contributed by atoms with Gasteiger partial charge in [-0.3, -0.25) is 4.79 Å². The lowest BCUT2D eigenvalue weighted by atomic mass is 9.77. The van der Waals surface area contributed by atoms with Crippen LogP contribution >= 0.6 is 0 Å². The molecule has 1 unspecified atom stereocenters. The van der Waals surface area contributed by atoms with Crippen molar-refractivity contribution in [3.63, 3.8) is 0 Å². The van der Waals surface area contributed by atoms with E-state index in [1.165, 1.54) is 38.5 Å². The first-order valence-corrected chi connectivity index (χ1v) is 6.68. The molecule has 17 heavy (non-hydrogen) atoms. The Hall–Kier alpha value is -0.610. The molecule has 4 nitrogen and oxygen atoms in total. The predicted molar refractivity (Wildman–Crippen MR) is 66.8 cm³/mol. The third-order valence-electron chi connectivity index (χ3n) is 4.62. The van der Waals surface area contributed by atoms with E-state index in [0.717, 1.165) is 13.1 Å². The van der Waals surface area contributed by atoms with Gasteiger partial charge in [-0.2, -0.15) is 0 Å². The van der Waals surface area contributed by atoms with Gasteiger partial charge in [-0.15, -0.1) is 0 Å². The van der Waals surface area contributed by atoms with Gasteiger partial charge in [-0.25, -0.2) is 0 Å². The van der Waals surface area contributed by atoms with Gasteiger partial charge in [0.05, 0.1) is 0 Å². The Morgan fingerprint density at radius 2 is 1.82 bits per heavy atom. The molecule has 1 spiro atoms. The topological polar surface area (TPSA) is 66.6 Å². The molecule has 0 aromatic heterocycles. The van der Waals surface area contributed by atoms with Crippen LogP contribution in [0, 0.1) is 5.41 Å². The number of carboxylic acids is 1. The van der Waals surface area contributed by atoms with Crippen LogP contribution in [0.1, 0.15) is 45.4 Å². The number of hydrogen-bond donors (Lipinski definition) is 2. The number of carboxylic acid groups (broad SMARTS) is 1. The highest BCUT2D eigenvalue weighted by atomic mass is 16.4. The molecule has 0 amide bonds. The normalized spacial score (nSPS) is 28.1. The molecule has 1 saturated heterocycles. The summed E-state index contributed by atoms with van der Waals surface area (Å²) in [6.45, 7) is 4.10. The molecule has 1 atom stereocenters. The quantitative estimate of drug-likeness (QED) is 0.783. The summed E-state index contributed by atoms with van der Waals surface area (Å²) in [7, 11) is 0. The molecule has 1 aliphatic carbocycles. The third-order valence-corrected chi connectivity index (χ3v) is 4.62. The van der Waals surface area contributed by atoms with Gasteiger partial charge in [0.2, 0.25) is 0 Å². The van der Waals surface area contributed by atoms with Crippen LogP contribution < -0.4 is 5.73 Å². The second-order valence-electron chi connectivity index (χ2n) is 6.21. The van der Waals surface area contributed by atoms with E-state index in [-0.39, 0.29) is 0 Å². The first-order chi connectivity index (χ1) is 7.94. The second-order valence-corrected chi connectivity index (χ2v) is 6.21. The number of nitrogens with two attached hydrogens (primary N) is 1. The number of carbonyl (C=O) groups is 1. The van der Waals surface area contributed by atoms with Crippen molar-refractivity contribution in [1.82, 2.24) is 4.90 Å². The highest BCUT2D eigenvalue weighted by Crippen LogP contribution is 2.46. The fourth-order valence-electron chi connectivity index (χ4n) is 3.34. The van der Waals surface area contributed by atoms with E-state index in [2.05, 4.69) is 4.90 Å². The number of likely N-dealkylation sites (tertiary alicyclic amines) is 1. The molecule has 1 saturated carbocycles. The highest BCUT2D eigenvalue weighted by molar-refractivity contribution is 5.78. The minimum Gasteiger partial charge on any atom is -0.480 e. The molecule has 2 aliphatic rings. The maximum Gasteiger partial charge on any atom is 0.324 e. The molecule has 0 aromatic carbocycles. The van der Waals surface area contributed by atoms with Gasteiger partial charge in [-0.1, -0.05) is 12.8 Å². The Bertz CT molecular complexity index is 286. The van der Waals surface area contributed by atoms with Crippen molar-refractivity contribution in [3.8, 4) is 0 Å². The molecular formula is C13H24N2O2. The number of piperidine rings is 1. The van der Waals surface area contributed by atoms with Crippen molar-refractivity contribution in [1.29, 1.82) is 0 Å². The number of nitrogens with zero attached hydrogens (tertiary/aromatic N) is 1. The fraction of sp³-hybridized carbons (Fsp3) is 0.923. The van der Waals surface area contributed by atoms with Gasteiger partial charge in [-0.05, 0) is 51.1 Å². The zero-order valence-electron chi connectivity index (χ0n) is 10.7. The zero-order valence-corrected chi connectivity index (χ0v) is 10.7. The number of rotatable bonds is 3. The molecular weight excluding hydrogens is 216 g/mol. The van der Waals surface area contributed by atoms with E-state index in [9.17, 15) is 4.79 Å². The molecule has 1 aliphatic heterocycles. The van der Waals surface area contributed by atoms with Gasteiger partial charge < -0.3 is 15.7 Å². The zero-order chi connectivity index (χ0) is 12.5. The van der Waals surface area contributed by atoms with Crippen LogP contribution in [-0.4, -0.2) is 41.1 Å². The SMILES string of the molecule is CC(N)(CN1CCC2(CCCC2)CC1)C(=O)O. The Kier molecular flexibility index (Phi) is 3.46. The van der Waals surface area contributed by atoms with E-state index in [0.29, 0.717) is 12.0 Å². The van der Waals surface area contributed by atoms with Crippen LogP contribution in [0.2, 0.25) is 0 Å². The van der Waals surface area contributed by atoms with Gasteiger partial charge in [0.15, 0.2) is 0 Å². The Morgan fingerprint density at radius 3 is 2.29 bits per heavy atom. The van der Waals surface area contributed by atoms with Crippen LogP contribution in [0.3, 0.4) is 0 Å². The van der Waals surface area contributed by atoms with Crippen LogP contribution in [0.4, 0.5) is 0 Å². The summed E-state index contributed by atoms with van der Waals surface area (Å²) in [5, 5.41) is 9.03. The molecule has 3 N–H and O–H groups in total. The van der Waals surface area contributed by atoms with E-state index < -0.39 is 11.5 Å². The molecule has 98 valence electrons. The molecule has 4 heteroatoms. The molecule has 2 fully saturated rings.